The molecule has 2 heterocycles. The van der Waals surface area contributed by atoms with Crippen molar-refractivity contribution in [1.29, 1.82) is 5.26 Å². The van der Waals surface area contributed by atoms with Crippen molar-refractivity contribution in [2.24, 2.45) is 0 Å². The lowest BCUT2D eigenvalue weighted by atomic mass is 10.1. The summed E-state index contributed by atoms with van der Waals surface area (Å²) in [4.78, 5) is 4.21. The molecule has 0 bridgehead atoms. The van der Waals surface area contributed by atoms with Gasteiger partial charge in [0.2, 0.25) is 0 Å². The van der Waals surface area contributed by atoms with Gasteiger partial charge in [0.15, 0.2) is 0 Å². The normalized spacial score (nSPS) is 13.6. The maximum Gasteiger partial charge on any atom is 0.126 e. The van der Waals surface area contributed by atoms with Crippen LogP contribution in [0.3, 0.4) is 0 Å². The Morgan fingerprint density at radius 1 is 1.32 bits per heavy atom. The molecule has 5 heteroatoms. The first-order valence-corrected chi connectivity index (χ1v) is 6.23. The van der Waals surface area contributed by atoms with Crippen molar-refractivity contribution in [3.05, 3.63) is 41.9 Å². The first-order chi connectivity index (χ1) is 9.10. The topological polar surface area (TPSA) is 66.5 Å². The lowest BCUT2D eigenvalue weighted by Gasteiger charge is -2.22. The van der Waals surface area contributed by atoms with Gasteiger partial charge in [-0.25, -0.2) is 4.98 Å². The zero-order valence-electron chi connectivity index (χ0n) is 11.3. The minimum atomic E-state index is 0.180. The van der Waals surface area contributed by atoms with E-state index in [1.165, 1.54) is 0 Å². The van der Waals surface area contributed by atoms with Crippen molar-refractivity contribution in [3.63, 3.8) is 0 Å². The number of hydrogen-bond acceptors (Lipinski definition) is 4. The molecule has 0 saturated heterocycles. The summed E-state index contributed by atoms with van der Waals surface area (Å²) in [5.41, 5.74) is 1.71. The van der Waals surface area contributed by atoms with E-state index in [2.05, 4.69) is 35.3 Å². The second kappa shape index (κ2) is 5.53. The molecule has 2 aromatic rings. The molecular weight excluding hydrogens is 238 g/mol. The number of hydrogen-bond donors (Lipinski definition) is 1. The number of nitrogens with one attached hydrogen (secondary N) is 1. The quantitative estimate of drug-likeness (QED) is 0.911. The van der Waals surface area contributed by atoms with Gasteiger partial charge in [-0.3, -0.25) is 4.68 Å². The van der Waals surface area contributed by atoms with E-state index in [-0.39, 0.29) is 12.1 Å². The van der Waals surface area contributed by atoms with Crippen molar-refractivity contribution in [2.75, 3.05) is 5.32 Å². The van der Waals surface area contributed by atoms with Crippen molar-refractivity contribution < 1.29 is 0 Å². The second-order valence-corrected chi connectivity index (χ2v) is 4.72. The Morgan fingerprint density at radius 3 is 2.63 bits per heavy atom. The number of rotatable bonds is 4. The van der Waals surface area contributed by atoms with Gasteiger partial charge in [0, 0.05) is 18.4 Å². The highest BCUT2D eigenvalue weighted by atomic mass is 15.3. The van der Waals surface area contributed by atoms with Crippen molar-refractivity contribution in [2.45, 2.75) is 32.9 Å². The van der Waals surface area contributed by atoms with Crippen molar-refractivity contribution >= 4 is 5.82 Å². The molecule has 0 fully saturated rings. The molecule has 0 unspecified atom stereocenters. The molecule has 0 radical (unpaired) electrons. The van der Waals surface area contributed by atoms with Crippen LogP contribution in [0.25, 0.3) is 0 Å². The van der Waals surface area contributed by atoms with Crippen LogP contribution in [0.15, 0.2) is 30.7 Å². The fourth-order valence-corrected chi connectivity index (χ4v) is 1.78. The summed E-state index contributed by atoms with van der Waals surface area (Å²) in [5.74, 6) is 0.766. The Balaban J connectivity index is 2.03. The molecule has 0 aliphatic rings. The van der Waals surface area contributed by atoms with Crippen LogP contribution in [-0.2, 0) is 0 Å². The fraction of sp³-hybridized carbons (Fsp3) is 0.357. The summed E-state index contributed by atoms with van der Waals surface area (Å²) < 4.78 is 1.94. The van der Waals surface area contributed by atoms with E-state index in [0.29, 0.717) is 5.56 Å². The Hall–Kier alpha value is -2.35. The van der Waals surface area contributed by atoms with E-state index in [9.17, 15) is 0 Å². The zero-order chi connectivity index (χ0) is 13.8. The minimum Gasteiger partial charge on any atom is -0.365 e. The highest BCUT2D eigenvalue weighted by molar-refractivity contribution is 5.39. The third-order valence-electron chi connectivity index (χ3n) is 3.14. The molecule has 19 heavy (non-hydrogen) atoms. The van der Waals surface area contributed by atoms with Crippen LogP contribution < -0.4 is 5.32 Å². The average Bonchev–Trinajstić information content (AvgIpc) is 2.85. The summed E-state index contributed by atoms with van der Waals surface area (Å²) in [6.07, 6.45) is 5.44. The van der Waals surface area contributed by atoms with Gasteiger partial charge in [-0.1, -0.05) is 0 Å². The summed E-state index contributed by atoms with van der Waals surface area (Å²) in [6.45, 7) is 6.21. The van der Waals surface area contributed by atoms with Gasteiger partial charge in [0.05, 0.1) is 17.8 Å². The number of aromatic nitrogens is 3. The molecule has 0 aromatic carbocycles. The molecule has 2 rings (SSSR count). The first kappa shape index (κ1) is 13.1. The first-order valence-electron chi connectivity index (χ1n) is 6.23. The second-order valence-electron chi connectivity index (χ2n) is 4.72. The van der Waals surface area contributed by atoms with E-state index in [1.54, 1.807) is 12.3 Å². The van der Waals surface area contributed by atoms with Crippen LogP contribution in [-0.4, -0.2) is 20.8 Å². The van der Waals surface area contributed by atoms with Crippen LogP contribution in [0.2, 0.25) is 0 Å². The fourth-order valence-electron chi connectivity index (χ4n) is 1.78. The summed E-state index contributed by atoms with van der Waals surface area (Å²) in [5, 5.41) is 16.4. The molecule has 0 spiro atoms. The Bertz CT molecular complexity index is 579. The predicted molar refractivity (Wildman–Crippen MR) is 73.7 cm³/mol. The Kier molecular flexibility index (Phi) is 3.81. The molecule has 2 aromatic heterocycles. The van der Waals surface area contributed by atoms with E-state index < -0.39 is 0 Å². The maximum absolute atomic E-state index is 8.73. The summed E-state index contributed by atoms with van der Waals surface area (Å²) in [6, 6.07) is 6.02. The molecule has 0 saturated carbocycles. The molecule has 2 atom stereocenters. The van der Waals surface area contributed by atoms with Crippen molar-refractivity contribution in [1.82, 2.24) is 14.8 Å². The monoisotopic (exact) mass is 255 g/mol. The van der Waals surface area contributed by atoms with E-state index in [4.69, 9.17) is 5.26 Å². The van der Waals surface area contributed by atoms with Crippen LogP contribution in [0.5, 0.6) is 0 Å². The average molecular weight is 255 g/mol. The molecule has 0 amide bonds. The van der Waals surface area contributed by atoms with Gasteiger partial charge in [-0.2, -0.15) is 10.4 Å². The molecule has 0 aliphatic heterocycles. The third kappa shape index (κ3) is 3.10. The molecule has 0 aliphatic carbocycles. The van der Waals surface area contributed by atoms with Gasteiger partial charge in [-0.15, -0.1) is 0 Å². The van der Waals surface area contributed by atoms with Gasteiger partial charge in [0.1, 0.15) is 11.9 Å². The lowest BCUT2D eigenvalue weighted by Crippen LogP contribution is -2.27. The number of pyridine rings is 1. The van der Waals surface area contributed by atoms with Gasteiger partial charge < -0.3 is 5.32 Å². The summed E-state index contributed by atoms with van der Waals surface area (Å²) >= 11 is 0. The largest absolute Gasteiger partial charge is 0.365 e. The smallest absolute Gasteiger partial charge is 0.126 e. The van der Waals surface area contributed by atoms with E-state index in [1.807, 2.05) is 30.1 Å². The standard InChI is InChI=1S/C14H17N5/c1-10-7-17-19(9-10)12(3)11(2)18-14-5-4-13(6-15)8-16-14/h4-5,7-9,11-12H,1-3H3,(H,16,18)/t11-,12-/m0/s1. The third-order valence-corrected chi connectivity index (χ3v) is 3.14. The summed E-state index contributed by atoms with van der Waals surface area (Å²) in [7, 11) is 0. The minimum absolute atomic E-state index is 0.180. The zero-order valence-corrected chi connectivity index (χ0v) is 11.3. The number of aryl methyl sites for hydroxylation is 1. The van der Waals surface area contributed by atoms with Crippen LogP contribution in [0, 0.1) is 18.3 Å². The highest BCUT2D eigenvalue weighted by Gasteiger charge is 2.14. The predicted octanol–water partition coefficient (Wildman–Crippen LogP) is 2.52. The molecule has 5 nitrogen and oxygen atoms in total. The SMILES string of the molecule is Cc1cnn([C@@H](C)[C@H](C)Nc2ccc(C#N)cn2)c1. The molecule has 1 N–H and O–H groups in total. The molecule has 98 valence electrons. The Morgan fingerprint density at radius 2 is 2.11 bits per heavy atom. The number of anilines is 1. The Labute approximate surface area is 112 Å². The van der Waals surface area contributed by atoms with Crippen LogP contribution in [0.4, 0.5) is 5.82 Å². The van der Waals surface area contributed by atoms with Crippen LogP contribution in [0.1, 0.15) is 31.0 Å². The van der Waals surface area contributed by atoms with Gasteiger partial charge >= 0.3 is 0 Å². The highest BCUT2D eigenvalue weighted by Crippen LogP contribution is 2.15. The van der Waals surface area contributed by atoms with Gasteiger partial charge in [-0.05, 0) is 38.5 Å². The number of nitriles is 1. The van der Waals surface area contributed by atoms with E-state index >= 15 is 0 Å². The van der Waals surface area contributed by atoms with E-state index in [0.717, 1.165) is 11.4 Å². The molecular formula is C14H17N5. The maximum atomic E-state index is 8.73. The van der Waals surface area contributed by atoms with Gasteiger partial charge in [0.25, 0.3) is 0 Å². The van der Waals surface area contributed by atoms with Crippen LogP contribution >= 0.6 is 0 Å². The lowest BCUT2D eigenvalue weighted by molar-refractivity contribution is 0.442. The van der Waals surface area contributed by atoms with Crippen molar-refractivity contribution in [3.8, 4) is 6.07 Å². The number of nitrogens with zero attached hydrogens (tertiary/aromatic N) is 4.